The average Bonchev–Trinajstić information content (AvgIpc) is 2.86. The highest BCUT2D eigenvalue weighted by Crippen LogP contribution is 2.13. The van der Waals surface area contributed by atoms with E-state index in [-0.39, 0.29) is 5.56 Å². The molecule has 1 aromatic carbocycles. The van der Waals surface area contributed by atoms with Gasteiger partial charge in [-0.05, 0) is 18.2 Å². The molecule has 0 radical (unpaired) electrons. The van der Waals surface area contributed by atoms with E-state index in [1.165, 1.54) is 12.1 Å². The SMILES string of the molecule is COCCOCCOCCOCCOCCOCCOCCOCCOc1cccc(C(=O)O)c1. The van der Waals surface area contributed by atoms with Gasteiger partial charge in [0, 0.05) is 7.11 Å². The Morgan fingerprint density at radius 2 is 0.971 bits per heavy atom. The molecular formula is C24H40O11. The van der Waals surface area contributed by atoms with E-state index in [9.17, 15) is 4.79 Å². The van der Waals surface area contributed by atoms with Crippen LogP contribution in [-0.4, -0.2) is 124 Å². The summed E-state index contributed by atoms with van der Waals surface area (Å²) >= 11 is 0. The van der Waals surface area contributed by atoms with Gasteiger partial charge in [-0.15, -0.1) is 0 Å². The summed E-state index contributed by atoms with van der Waals surface area (Å²) in [6.45, 7) is 7.88. The maximum atomic E-state index is 10.9. The summed E-state index contributed by atoms with van der Waals surface area (Å²) in [7, 11) is 1.64. The Kier molecular flexibility index (Phi) is 21.3. The Morgan fingerprint density at radius 1 is 0.600 bits per heavy atom. The topological polar surface area (TPSA) is 120 Å². The highest BCUT2D eigenvalue weighted by Gasteiger charge is 2.03. The second-order valence-electron chi connectivity index (χ2n) is 6.96. The molecule has 1 rings (SSSR count). The van der Waals surface area contributed by atoms with E-state index < -0.39 is 5.97 Å². The quantitative estimate of drug-likeness (QED) is 0.185. The van der Waals surface area contributed by atoms with Crippen LogP contribution in [0.15, 0.2) is 24.3 Å². The Labute approximate surface area is 207 Å². The zero-order valence-electron chi connectivity index (χ0n) is 20.7. The molecule has 0 heterocycles. The second-order valence-corrected chi connectivity index (χ2v) is 6.96. The van der Waals surface area contributed by atoms with E-state index >= 15 is 0 Å². The van der Waals surface area contributed by atoms with E-state index in [0.29, 0.717) is 111 Å². The van der Waals surface area contributed by atoms with Crippen LogP contribution < -0.4 is 4.74 Å². The van der Waals surface area contributed by atoms with Gasteiger partial charge in [0.1, 0.15) is 12.4 Å². The van der Waals surface area contributed by atoms with Crippen LogP contribution in [0.1, 0.15) is 10.4 Å². The molecule has 0 aliphatic heterocycles. The van der Waals surface area contributed by atoms with Crippen molar-refractivity contribution in [2.75, 3.05) is 113 Å². The third kappa shape index (κ3) is 20.1. The van der Waals surface area contributed by atoms with Gasteiger partial charge in [-0.1, -0.05) is 6.07 Å². The first-order valence-corrected chi connectivity index (χ1v) is 11.7. The van der Waals surface area contributed by atoms with Gasteiger partial charge < -0.3 is 47.7 Å². The van der Waals surface area contributed by atoms with Crippen molar-refractivity contribution in [3.63, 3.8) is 0 Å². The van der Waals surface area contributed by atoms with Crippen molar-refractivity contribution in [2.24, 2.45) is 0 Å². The van der Waals surface area contributed by atoms with Crippen LogP contribution in [0.25, 0.3) is 0 Å². The molecule has 0 aliphatic rings. The first-order chi connectivity index (χ1) is 17.2. The van der Waals surface area contributed by atoms with Crippen LogP contribution in [0.3, 0.4) is 0 Å². The van der Waals surface area contributed by atoms with Crippen molar-refractivity contribution in [2.45, 2.75) is 0 Å². The Bertz CT molecular complexity index is 615. The van der Waals surface area contributed by atoms with Crippen LogP contribution >= 0.6 is 0 Å². The molecule has 0 unspecified atom stereocenters. The van der Waals surface area contributed by atoms with E-state index in [2.05, 4.69) is 0 Å². The number of carboxylic acids is 1. The van der Waals surface area contributed by atoms with Crippen LogP contribution in [0, 0.1) is 0 Å². The summed E-state index contributed by atoms with van der Waals surface area (Å²) in [4.78, 5) is 10.9. The molecule has 0 aromatic heterocycles. The van der Waals surface area contributed by atoms with E-state index in [1.807, 2.05) is 0 Å². The standard InChI is InChI=1S/C24H40O11/c1-27-5-6-28-7-8-29-9-10-30-11-12-31-13-14-32-15-16-33-17-18-34-19-20-35-23-4-2-3-22(21-23)24(25)26/h2-4,21H,5-20H2,1H3,(H,25,26). The van der Waals surface area contributed by atoms with E-state index in [0.717, 1.165) is 0 Å². The lowest BCUT2D eigenvalue weighted by Crippen LogP contribution is -2.15. The highest BCUT2D eigenvalue weighted by atomic mass is 16.6. The minimum Gasteiger partial charge on any atom is -0.491 e. The lowest BCUT2D eigenvalue weighted by molar-refractivity contribution is -0.0227. The zero-order valence-corrected chi connectivity index (χ0v) is 20.7. The summed E-state index contributed by atoms with van der Waals surface area (Å²) < 4.78 is 48.1. The minimum absolute atomic E-state index is 0.188. The van der Waals surface area contributed by atoms with Gasteiger partial charge in [-0.25, -0.2) is 4.79 Å². The number of rotatable bonds is 26. The number of carbonyl (C=O) groups is 1. The first kappa shape index (κ1) is 31.2. The van der Waals surface area contributed by atoms with Crippen molar-refractivity contribution in [1.82, 2.24) is 0 Å². The maximum Gasteiger partial charge on any atom is 0.335 e. The predicted molar refractivity (Wildman–Crippen MR) is 127 cm³/mol. The molecule has 0 atom stereocenters. The van der Waals surface area contributed by atoms with E-state index in [1.54, 1.807) is 19.2 Å². The molecule has 0 bridgehead atoms. The molecule has 11 nitrogen and oxygen atoms in total. The number of ether oxygens (including phenoxy) is 9. The van der Waals surface area contributed by atoms with Gasteiger partial charge in [0.2, 0.25) is 0 Å². The van der Waals surface area contributed by atoms with Crippen LogP contribution in [0.5, 0.6) is 5.75 Å². The fourth-order valence-corrected chi connectivity index (χ4v) is 2.50. The molecule has 0 spiro atoms. The Hall–Kier alpha value is -1.83. The minimum atomic E-state index is -0.986. The molecular weight excluding hydrogens is 464 g/mol. The van der Waals surface area contributed by atoms with Crippen molar-refractivity contribution in [1.29, 1.82) is 0 Å². The molecule has 1 aromatic rings. The average molecular weight is 505 g/mol. The van der Waals surface area contributed by atoms with Crippen molar-refractivity contribution >= 4 is 5.97 Å². The normalized spacial score (nSPS) is 11.1. The highest BCUT2D eigenvalue weighted by molar-refractivity contribution is 5.87. The van der Waals surface area contributed by atoms with Crippen molar-refractivity contribution < 1.29 is 52.5 Å². The molecule has 0 saturated heterocycles. The molecule has 11 heteroatoms. The number of hydrogen-bond donors (Lipinski definition) is 1. The zero-order chi connectivity index (χ0) is 25.2. The van der Waals surface area contributed by atoms with Crippen LogP contribution in [-0.2, 0) is 37.9 Å². The smallest absolute Gasteiger partial charge is 0.335 e. The van der Waals surface area contributed by atoms with Crippen LogP contribution in [0.2, 0.25) is 0 Å². The molecule has 0 amide bonds. The number of methoxy groups -OCH3 is 1. The largest absolute Gasteiger partial charge is 0.491 e. The number of aromatic carboxylic acids is 1. The van der Waals surface area contributed by atoms with E-state index in [4.69, 9.17) is 47.7 Å². The van der Waals surface area contributed by atoms with Gasteiger partial charge in [0.05, 0.1) is 105 Å². The fraction of sp³-hybridized carbons (Fsp3) is 0.708. The molecule has 202 valence electrons. The fourth-order valence-electron chi connectivity index (χ4n) is 2.50. The van der Waals surface area contributed by atoms with Gasteiger partial charge in [0.25, 0.3) is 0 Å². The summed E-state index contributed by atoms with van der Waals surface area (Å²) in [6, 6.07) is 6.33. The van der Waals surface area contributed by atoms with Gasteiger partial charge in [-0.3, -0.25) is 0 Å². The van der Waals surface area contributed by atoms with Crippen LogP contribution in [0.4, 0.5) is 0 Å². The Morgan fingerprint density at radius 3 is 1.34 bits per heavy atom. The number of hydrogen-bond acceptors (Lipinski definition) is 10. The molecule has 35 heavy (non-hydrogen) atoms. The summed E-state index contributed by atoms with van der Waals surface area (Å²) in [5.41, 5.74) is 0.188. The maximum absolute atomic E-state index is 10.9. The summed E-state index contributed by atoms with van der Waals surface area (Å²) in [5, 5.41) is 8.95. The summed E-state index contributed by atoms with van der Waals surface area (Å²) in [6.07, 6.45) is 0. The predicted octanol–water partition coefficient (Wildman–Crippen LogP) is 1.53. The summed E-state index contributed by atoms with van der Waals surface area (Å²) in [5.74, 6) is -0.487. The lowest BCUT2D eigenvalue weighted by atomic mass is 10.2. The Balaban J connectivity index is 1.72. The molecule has 0 saturated carbocycles. The third-order valence-corrected chi connectivity index (χ3v) is 4.24. The molecule has 0 fully saturated rings. The first-order valence-electron chi connectivity index (χ1n) is 11.7. The van der Waals surface area contributed by atoms with Gasteiger partial charge in [-0.2, -0.15) is 0 Å². The monoisotopic (exact) mass is 504 g/mol. The molecule has 1 N–H and O–H groups in total. The number of carboxylic acid groups (broad SMARTS) is 1. The van der Waals surface area contributed by atoms with Crippen molar-refractivity contribution in [3.05, 3.63) is 29.8 Å². The second kappa shape index (κ2) is 23.9. The number of benzene rings is 1. The van der Waals surface area contributed by atoms with Gasteiger partial charge in [0.15, 0.2) is 0 Å². The van der Waals surface area contributed by atoms with Gasteiger partial charge >= 0.3 is 5.97 Å². The molecule has 0 aliphatic carbocycles. The lowest BCUT2D eigenvalue weighted by Gasteiger charge is -2.09. The third-order valence-electron chi connectivity index (χ3n) is 4.24. The van der Waals surface area contributed by atoms with Crippen molar-refractivity contribution in [3.8, 4) is 5.75 Å².